The first-order chi connectivity index (χ1) is 9.30. The van der Waals surface area contributed by atoms with Crippen molar-refractivity contribution in [2.24, 2.45) is 17.6 Å². The maximum Gasteiger partial charge on any atom is 0.123 e. The summed E-state index contributed by atoms with van der Waals surface area (Å²) in [5, 5.41) is 0. The number of likely N-dealkylation sites (tertiary alicyclic amines) is 1. The van der Waals surface area contributed by atoms with E-state index in [9.17, 15) is 0 Å². The topological polar surface area (TPSA) is 38.5 Å². The predicted molar refractivity (Wildman–Crippen MR) is 77.0 cm³/mol. The standard InChI is InChI=1S/C16H24N2O/c1-19-16-6-5-12(8-17)7-15(16)11-18-9-13-3-2-4-14(13)10-18/h5-7,13-14H,2-4,8-11,17H2,1H3. The van der Waals surface area contributed by atoms with E-state index in [0.717, 1.165) is 24.1 Å². The summed E-state index contributed by atoms with van der Waals surface area (Å²) < 4.78 is 5.48. The van der Waals surface area contributed by atoms with Crippen molar-refractivity contribution in [1.82, 2.24) is 4.90 Å². The van der Waals surface area contributed by atoms with Gasteiger partial charge in [0.1, 0.15) is 5.75 Å². The summed E-state index contributed by atoms with van der Waals surface area (Å²) in [6.07, 6.45) is 4.30. The van der Waals surface area contributed by atoms with E-state index in [-0.39, 0.29) is 0 Å². The highest BCUT2D eigenvalue weighted by atomic mass is 16.5. The summed E-state index contributed by atoms with van der Waals surface area (Å²) in [5.41, 5.74) is 8.21. The van der Waals surface area contributed by atoms with E-state index >= 15 is 0 Å². The van der Waals surface area contributed by atoms with Gasteiger partial charge in [-0.15, -0.1) is 0 Å². The van der Waals surface area contributed by atoms with Crippen molar-refractivity contribution in [1.29, 1.82) is 0 Å². The fourth-order valence-electron chi connectivity index (χ4n) is 3.78. The van der Waals surface area contributed by atoms with Crippen molar-refractivity contribution in [3.05, 3.63) is 29.3 Å². The largest absolute Gasteiger partial charge is 0.496 e. The number of nitrogens with two attached hydrogens (primary N) is 1. The molecule has 2 N–H and O–H groups in total. The minimum Gasteiger partial charge on any atom is -0.496 e. The molecule has 0 bridgehead atoms. The normalized spacial score (nSPS) is 26.6. The summed E-state index contributed by atoms with van der Waals surface area (Å²) in [7, 11) is 1.75. The molecule has 1 saturated heterocycles. The minimum absolute atomic E-state index is 0.599. The molecule has 2 atom stereocenters. The van der Waals surface area contributed by atoms with Gasteiger partial charge in [-0.2, -0.15) is 0 Å². The lowest BCUT2D eigenvalue weighted by Crippen LogP contribution is -2.21. The fraction of sp³-hybridized carbons (Fsp3) is 0.625. The first-order valence-electron chi connectivity index (χ1n) is 7.38. The Labute approximate surface area is 115 Å². The summed E-state index contributed by atoms with van der Waals surface area (Å²) in [6.45, 7) is 4.13. The van der Waals surface area contributed by atoms with Crippen molar-refractivity contribution in [3.63, 3.8) is 0 Å². The quantitative estimate of drug-likeness (QED) is 0.903. The van der Waals surface area contributed by atoms with Gasteiger partial charge in [-0.25, -0.2) is 0 Å². The zero-order valence-corrected chi connectivity index (χ0v) is 11.8. The summed E-state index contributed by atoms with van der Waals surface area (Å²) in [4.78, 5) is 2.59. The molecule has 1 aliphatic carbocycles. The molecule has 2 fully saturated rings. The molecule has 0 amide bonds. The van der Waals surface area contributed by atoms with Crippen LogP contribution in [0.2, 0.25) is 0 Å². The average molecular weight is 260 g/mol. The second-order valence-electron chi connectivity index (χ2n) is 6.00. The van der Waals surface area contributed by atoms with Crippen LogP contribution in [-0.2, 0) is 13.1 Å². The Kier molecular flexibility index (Phi) is 3.76. The van der Waals surface area contributed by atoms with Gasteiger partial charge in [0, 0.05) is 31.7 Å². The van der Waals surface area contributed by atoms with Gasteiger partial charge in [0.05, 0.1) is 7.11 Å². The van der Waals surface area contributed by atoms with Crippen LogP contribution in [0.15, 0.2) is 18.2 Å². The Bertz CT molecular complexity index is 434. The van der Waals surface area contributed by atoms with Crippen LogP contribution in [-0.4, -0.2) is 25.1 Å². The molecule has 1 saturated carbocycles. The van der Waals surface area contributed by atoms with Crippen molar-refractivity contribution >= 4 is 0 Å². The van der Waals surface area contributed by atoms with Crippen molar-refractivity contribution < 1.29 is 4.74 Å². The van der Waals surface area contributed by atoms with Crippen LogP contribution in [0.3, 0.4) is 0 Å². The molecule has 0 aromatic heterocycles. The molecule has 104 valence electrons. The molecule has 3 rings (SSSR count). The zero-order chi connectivity index (χ0) is 13.2. The molecule has 19 heavy (non-hydrogen) atoms. The lowest BCUT2D eigenvalue weighted by Gasteiger charge is -2.19. The Morgan fingerprint density at radius 1 is 1.26 bits per heavy atom. The number of rotatable bonds is 4. The van der Waals surface area contributed by atoms with Gasteiger partial charge in [0.15, 0.2) is 0 Å². The smallest absolute Gasteiger partial charge is 0.123 e. The van der Waals surface area contributed by atoms with E-state index in [1.807, 2.05) is 0 Å². The SMILES string of the molecule is COc1ccc(CN)cc1CN1CC2CCCC2C1. The number of fused-ring (bicyclic) bond motifs is 1. The van der Waals surface area contributed by atoms with Crippen LogP contribution in [0.5, 0.6) is 5.75 Å². The Balaban J connectivity index is 1.72. The highest BCUT2D eigenvalue weighted by molar-refractivity contribution is 5.37. The predicted octanol–water partition coefficient (Wildman–Crippen LogP) is 2.39. The molecule has 0 radical (unpaired) electrons. The lowest BCUT2D eigenvalue weighted by atomic mass is 10.0. The average Bonchev–Trinajstić information content (AvgIpc) is 2.99. The second kappa shape index (κ2) is 5.51. The highest BCUT2D eigenvalue weighted by Gasteiger charge is 2.35. The van der Waals surface area contributed by atoms with Gasteiger partial charge < -0.3 is 10.5 Å². The molecular formula is C16H24N2O. The lowest BCUT2D eigenvalue weighted by molar-refractivity contribution is 0.296. The molecule has 2 unspecified atom stereocenters. The van der Waals surface area contributed by atoms with E-state index in [0.29, 0.717) is 6.54 Å². The van der Waals surface area contributed by atoms with E-state index in [1.165, 1.54) is 43.5 Å². The third-order valence-corrected chi connectivity index (χ3v) is 4.78. The Morgan fingerprint density at radius 3 is 2.63 bits per heavy atom. The maximum absolute atomic E-state index is 5.74. The first-order valence-corrected chi connectivity index (χ1v) is 7.38. The third kappa shape index (κ3) is 2.63. The molecule has 1 aliphatic heterocycles. The molecular weight excluding hydrogens is 236 g/mol. The van der Waals surface area contributed by atoms with Gasteiger partial charge in [-0.3, -0.25) is 4.90 Å². The summed E-state index contributed by atoms with van der Waals surface area (Å²) >= 11 is 0. The summed E-state index contributed by atoms with van der Waals surface area (Å²) in [6, 6.07) is 6.31. The second-order valence-corrected chi connectivity index (χ2v) is 6.00. The third-order valence-electron chi connectivity index (χ3n) is 4.78. The zero-order valence-electron chi connectivity index (χ0n) is 11.8. The summed E-state index contributed by atoms with van der Waals surface area (Å²) in [5.74, 6) is 2.89. The number of methoxy groups -OCH3 is 1. The van der Waals surface area contributed by atoms with Crippen LogP contribution >= 0.6 is 0 Å². The Morgan fingerprint density at radius 2 is 2.00 bits per heavy atom. The molecule has 3 nitrogen and oxygen atoms in total. The first kappa shape index (κ1) is 12.9. The van der Waals surface area contributed by atoms with E-state index < -0.39 is 0 Å². The van der Waals surface area contributed by atoms with Crippen LogP contribution in [0.25, 0.3) is 0 Å². The van der Waals surface area contributed by atoms with E-state index in [2.05, 4.69) is 23.1 Å². The highest BCUT2D eigenvalue weighted by Crippen LogP contribution is 2.38. The van der Waals surface area contributed by atoms with Crippen molar-refractivity contribution in [2.75, 3.05) is 20.2 Å². The van der Waals surface area contributed by atoms with E-state index in [1.54, 1.807) is 7.11 Å². The number of hydrogen-bond acceptors (Lipinski definition) is 3. The van der Waals surface area contributed by atoms with Crippen molar-refractivity contribution in [3.8, 4) is 5.75 Å². The maximum atomic E-state index is 5.74. The Hall–Kier alpha value is -1.06. The fourth-order valence-corrected chi connectivity index (χ4v) is 3.78. The van der Waals surface area contributed by atoms with Crippen LogP contribution in [0.4, 0.5) is 0 Å². The van der Waals surface area contributed by atoms with Gasteiger partial charge in [0.25, 0.3) is 0 Å². The van der Waals surface area contributed by atoms with E-state index in [4.69, 9.17) is 10.5 Å². The van der Waals surface area contributed by atoms with Crippen LogP contribution < -0.4 is 10.5 Å². The molecule has 2 aliphatic rings. The van der Waals surface area contributed by atoms with Crippen molar-refractivity contribution in [2.45, 2.75) is 32.4 Å². The number of nitrogens with zero attached hydrogens (tertiary/aromatic N) is 1. The molecule has 3 heteroatoms. The number of ether oxygens (including phenoxy) is 1. The molecule has 0 spiro atoms. The van der Waals surface area contributed by atoms with Gasteiger partial charge in [-0.1, -0.05) is 12.5 Å². The molecule has 1 aromatic carbocycles. The van der Waals surface area contributed by atoms with Gasteiger partial charge in [0.2, 0.25) is 0 Å². The monoisotopic (exact) mass is 260 g/mol. The minimum atomic E-state index is 0.599. The van der Waals surface area contributed by atoms with Gasteiger partial charge >= 0.3 is 0 Å². The van der Waals surface area contributed by atoms with Crippen LogP contribution in [0, 0.1) is 11.8 Å². The van der Waals surface area contributed by atoms with Crippen LogP contribution in [0.1, 0.15) is 30.4 Å². The molecule has 1 heterocycles. The number of benzene rings is 1. The molecule has 1 aromatic rings. The number of hydrogen-bond donors (Lipinski definition) is 1. The van der Waals surface area contributed by atoms with Gasteiger partial charge in [-0.05, 0) is 42.4 Å².